The van der Waals surface area contributed by atoms with Crippen LogP contribution in [0.2, 0.25) is 0 Å². The van der Waals surface area contributed by atoms with Crippen molar-refractivity contribution in [3.63, 3.8) is 0 Å². The molecular weight excluding hydrogens is 344 g/mol. The molecule has 3 heterocycles. The Labute approximate surface area is 156 Å². The Kier molecular flexibility index (Phi) is 3.79. The molecule has 0 bridgehead atoms. The maximum atomic E-state index is 12.5. The van der Waals surface area contributed by atoms with E-state index in [4.69, 9.17) is 14.2 Å². The summed E-state index contributed by atoms with van der Waals surface area (Å²) in [6.07, 6.45) is 0.596. The summed E-state index contributed by atoms with van der Waals surface area (Å²) < 4.78 is 16.2. The molecule has 0 saturated carbocycles. The molecule has 2 aliphatic heterocycles. The minimum atomic E-state index is -0.396. The van der Waals surface area contributed by atoms with Crippen molar-refractivity contribution in [2.24, 2.45) is 0 Å². The fourth-order valence-electron chi connectivity index (χ4n) is 3.98. The molecule has 2 aromatic carbocycles. The van der Waals surface area contributed by atoms with Gasteiger partial charge in [0.2, 0.25) is 6.79 Å². The number of carbonyl (C=O) groups is 1. The molecule has 27 heavy (non-hydrogen) atoms. The van der Waals surface area contributed by atoms with Gasteiger partial charge < -0.3 is 19.2 Å². The lowest BCUT2D eigenvalue weighted by molar-refractivity contribution is -0.146. The van der Waals surface area contributed by atoms with Crippen LogP contribution in [-0.4, -0.2) is 30.4 Å². The van der Waals surface area contributed by atoms with Crippen LogP contribution in [0.25, 0.3) is 10.9 Å². The van der Waals surface area contributed by atoms with Crippen molar-refractivity contribution < 1.29 is 19.0 Å². The average Bonchev–Trinajstić information content (AvgIpc) is 3.31. The van der Waals surface area contributed by atoms with E-state index >= 15 is 0 Å². The number of benzene rings is 2. The minimum absolute atomic E-state index is 0.162. The SMILES string of the molecule is CCOC(=O)[C@@H]1Cc2c([nH]c3ccccc23)[C@H](c2ccc3c(c2)OCO3)N1. The molecule has 2 aliphatic rings. The highest BCUT2D eigenvalue weighted by Gasteiger charge is 2.35. The molecule has 0 fully saturated rings. The van der Waals surface area contributed by atoms with Crippen LogP contribution in [0, 0.1) is 0 Å². The number of rotatable bonds is 3. The number of esters is 1. The van der Waals surface area contributed by atoms with Gasteiger partial charge in [0.25, 0.3) is 0 Å². The molecule has 2 N–H and O–H groups in total. The molecule has 0 spiro atoms. The Balaban J connectivity index is 1.62. The number of nitrogens with one attached hydrogen (secondary N) is 2. The number of hydrogen-bond donors (Lipinski definition) is 2. The maximum Gasteiger partial charge on any atom is 0.323 e. The van der Waals surface area contributed by atoms with E-state index in [0.29, 0.717) is 13.0 Å². The summed E-state index contributed by atoms with van der Waals surface area (Å²) >= 11 is 0. The van der Waals surface area contributed by atoms with Gasteiger partial charge in [0.05, 0.1) is 12.6 Å². The van der Waals surface area contributed by atoms with Gasteiger partial charge in [-0.25, -0.2) is 0 Å². The van der Waals surface area contributed by atoms with Gasteiger partial charge in [-0.05, 0) is 36.2 Å². The highest BCUT2D eigenvalue weighted by molar-refractivity contribution is 5.87. The normalized spacial score (nSPS) is 20.5. The first kappa shape index (κ1) is 16.2. The van der Waals surface area contributed by atoms with Crippen LogP contribution in [0.5, 0.6) is 11.5 Å². The van der Waals surface area contributed by atoms with Gasteiger partial charge in [-0.15, -0.1) is 0 Å². The number of aromatic nitrogens is 1. The lowest BCUT2D eigenvalue weighted by Crippen LogP contribution is -2.45. The summed E-state index contributed by atoms with van der Waals surface area (Å²) in [7, 11) is 0. The van der Waals surface area contributed by atoms with E-state index in [0.717, 1.165) is 39.2 Å². The summed E-state index contributed by atoms with van der Waals surface area (Å²) in [5, 5.41) is 4.61. The molecule has 1 aromatic heterocycles. The van der Waals surface area contributed by atoms with E-state index in [2.05, 4.69) is 22.4 Å². The number of hydrogen-bond acceptors (Lipinski definition) is 5. The summed E-state index contributed by atoms with van der Waals surface area (Å²) in [6, 6.07) is 13.5. The van der Waals surface area contributed by atoms with E-state index in [9.17, 15) is 4.79 Å². The smallest absolute Gasteiger partial charge is 0.323 e. The third-order valence-corrected chi connectivity index (χ3v) is 5.21. The second kappa shape index (κ2) is 6.32. The molecule has 6 nitrogen and oxygen atoms in total. The second-order valence-electron chi connectivity index (χ2n) is 6.78. The summed E-state index contributed by atoms with van der Waals surface area (Å²) in [5.41, 5.74) is 4.32. The molecule has 0 amide bonds. The van der Waals surface area contributed by atoms with Crippen LogP contribution in [-0.2, 0) is 16.0 Å². The Morgan fingerprint density at radius 3 is 2.93 bits per heavy atom. The monoisotopic (exact) mass is 364 g/mol. The van der Waals surface area contributed by atoms with Gasteiger partial charge >= 0.3 is 5.97 Å². The molecular formula is C21H20N2O4. The topological polar surface area (TPSA) is 72.6 Å². The third-order valence-electron chi connectivity index (χ3n) is 5.21. The van der Waals surface area contributed by atoms with E-state index < -0.39 is 6.04 Å². The van der Waals surface area contributed by atoms with Crippen molar-refractivity contribution in [1.82, 2.24) is 10.3 Å². The molecule has 5 rings (SSSR count). The number of para-hydroxylation sites is 1. The third kappa shape index (κ3) is 2.64. The first-order valence-electron chi connectivity index (χ1n) is 9.16. The standard InChI is InChI=1S/C21H20N2O4/c1-2-25-21(24)16-10-14-13-5-3-4-6-15(13)22-20(14)19(23-16)12-7-8-17-18(9-12)27-11-26-17/h3-9,16,19,22-23H,2,10-11H2,1H3/t16-,19-/m0/s1. The largest absolute Gasteiger partial charge is 0.465 e. The van der Waals surface area contributed by atoms with Crippen LogP contribution < -0.4 is 14.8 Å². The van der Waals surface area contributed by atoms with E-state index in [-0.39, 0.29) is 18.8 Å². The minimum Gasteiger partial charge on any atom is -0.465 e. The van der Waals surface area contributed by atoms with E-state index in [1.165, 1.54) is 0 Å². The Hall–Kier alpha value is -2.99. The fourth-order valence-corrected chi connectivity index (χ4v) is 3.98. The van der Waals surface area contributed by atoms with Gasteiger partial charge in [-0.1, -0.05) is 24.3 Å². The Morgan fingerprint density at radius 1 is 1.19 bits per heavy atom. The summed E-state index contributed by atoms with van der Waals surface area (Å²) in [6.45, 7) is 2.43. The molecule has 138 valence electrons. The quantitative estimate of drug-likeness (QED) is 0.699. The van der Waals surface area contributed by atoms with Crippen molar-refractivity contribution in [1.29, 1.82) is 0 Å². The molecule has 2 atom stereocenters. The summed E-state index contributed by atoms with van der Waals surface area (Å²) in [5.74, 6) is 1.25. The van der Waals surface area contributed by atoms with Gasteiger partial charge in [-0.3, -0.25) is 10.1 Å². The first-order chi connectivity index (χ1) is 13.2. The summed E-state index contributed by atoms with van der Waals surface area (Å²) in [4.78, 5) is 16.0. The van der Waals surface area contributed by atoms with Crippen LogP contribution >= 0.6 is 0 Å². The number of carbonyl (C=O) groups excluding carboxylic acids is 1. The van der Waals surface area contributed by atoms with Crippen molar-refractivity contribution in [2.45, 2.75) is 25.4 Å². The lowest BCUT2D eigenvalue weighted by Gasteiger charge is -2.30. The molecule has 6 heteroatoms. The highest BCUT2D eigenvalue weighted by atomic mass is 16.7. The van der Waals surface area contributed by atoms with Crippen LogP contribution in [0.4, 0.5) is 0 Å². The number of aromatic amines is 1. The van der Waals surface area contributed by atoms with Crippen molar-refractivity contribution in [3.8, 4) is 11.5 Å². The zero-order valence-corrected chi connectivity index (χ0v) is 15.0. The maximum absolute atomic E-state index is 12.5. The zero-order chi connectivity index (χ0) is 18.4. The van der Waals surface area contributed by atoms with Gasteiger partial charge in [0.15, 0.2) is 11.5 Å². The molecule has 0 aliphatic carbocycles. The molecule has 3 aromatic rings. The van der Waals surface area contributed by atoms with Gasteiger partial charge in [-0.2, -0.15) is 0 Å². The van der Waals surface area contributed by atoms with Crippen molar-refractivity contribution in [3.05, 3.63) is 59.3 Å². The van der Waals surface area contributed by atoms with E-state index in [1.54, 1.807) is 0 Å². The van der Waals surface area contributed by atoms with Crippen LogP contribution in [0.1, 0.15) is 29.8 Å². The van der Waals surface area contributed by atoms with Crippen molar-refractivity contribution >= 4 is 16.9 Å². The van der Waals surface area contributed by atoms with Gasteiger partial charge in [0.1, 0.15) is 6.04 Å². The highest BCUT2D eigenvalue weighted by Crippen LogP contribution is 2.39. The van der Waals surface area contributed by atoms with Crippen LogP contribution in [0.3, 0.4) is 0 Å². The second-order valence-corrected chi connectivity index (χ2v) is 6.78. The first-order valence-corrected chi connectivity index (χ1v) is 9.16. The average molecular weight is 364 g/mol. The van der Waals surface area contributed by atoms with Crippen molar-refractivity contribution in [2.75, 3.05) is 13.4 Å². The predicted molar refractivity (Wildman–Crippen MR) is 100.0 cm³/mol. The fraction of sp³-hybridized carbons (Fsp3) is 0.286. The van der Waals surface area contributed by atoms with E-state index in [1.807, 2.05) is 37.3 Å². The number of ether oxygens (including phenoxy) is 3. The Bertz CT molecular complexity index is 1030. The van der Waals surface area contributed by atoms with Gasteiger partial charge in [0, 0.05) is 23.0 Å². The lowest BCUT2D eigenvalue weighted by atomic mass is 9.90. The number of fused-ring (bicyclic) bond motifs is 4. The molecule has 0 saturated heterocycles. The number of H-pyrrole nitrogens is 1. The molecule has 0 unspecified atom stereocenters. The zero-order valence-electron chi connectivity index (χ0n) is 15.0. The molecule has 0 radical (unpaired) electrons. The van der Waals surface area contributed by atoms with Crippen LogP contribution in [0.15, 0.2) is 42.5 Å². The predicted octanol–water partition coefficient (Wildman–Crippen LogP) is 3.06. The Morgan fingerprint density at radius 2 is 2.04 bits per heavy atom.